The number of sulfonamides is 1. The van der Waals surface area contributed by atoms with Crippen LogP contribution in [0, 0.1) is 17.2 Å². The van der Waals surface area contributed by atoms with Crippen molar-refractivity contribution in [2.45, 2.75) is 37.5 Å². The molecule has 2 saturated heterocycles. The van der Waals surface area contributed by atoms with Crippen LogP contribution in [0.5, 0.6) is 5.75 Å². The highest BCUT2D eigenvalue weighted by atomic mass is 32.2. The summed E-state index contributed by atoms with van der Waals surface area (Å²) in [6, 6.07) is 13.5. The molecule has 0 N–H and O–H groups in total. The first kappa shape index (κ1) is 23.2. The van der Waals surface area contributed by atoms with Crippen molar-refractivity contribution in [3.63, 3.8) is 0 Å². The van der Waals surface area contributed by atoms with Crippen LogP contribution >= 0.6 is 0 Å². The van der Waals surface area contributed by atoms with Crippen LogP contribution in [0.25, 0.3) is 0 Å². The van der Waals surface area contributed by atoms with Crippen LogP contribution in [0.3, 0.4) is 0 Å². The Bertz CT molecular complexity index is 1010. The van der Waals surface area contributed by atoms with E-state index in [1.54, 1.807) is 47.8 Å². The van der Waals surface area contributed by atoms with E-state index in [9.17, 15) is 12.8 Å². The van der Waals surface area contributed by atoms with Gasteiger partial charge in [-0.2, -0.15) is 4.31 Å². The molecule has 0 amide bonds. The molecule has 2 aliphatic rings. The number of methoxy groups -OCH3 is 1. The molecule has 0 aliphatic carbocycles. The first-order valence-electron chi connectivity index (χ1n) is 11.3. The summed E-state index contributed by atoms with van der Waals surface area (Å²) in [6.07, 6.45) is 1.78. The largest absolute Gasteiger partial charge is 0.497 e. The Morgan fingerprint density at radius 2 is 1.59 bits per heavy atom. The summed E-state index contributed by atoms with van der Waals surface area (Å²) in [5, 5.41) is 0. The highest BCUT2D eigenvalue weighted by Gasteiger charge is 2.47. The standard InChI is InChI=1S/C25H33FN2O3S/c1-19(2)24(20-4-6-21(26)7-5-20)16-27-17-25(18-27)12-14-28(15-13-25)32(29,30)23-10-8-22(31-3)9-11-23/h4-11,19,24H,12-18H2,1-3H3/t24-/m0/s1. The van der Waals surface area contributed by atoms with Gasteiger partial charge in [0.1, 0.15) is 11.6 Å². The third-order valence-electron chi connectivity index (χ3n) is 7.16. The zero-order valence-electron chi connectivity index (χ0n) is 19.1. The van der Waals surface area contributed by atoms with Crippen molar-refractivity contribution in [2.75, 3.05) is 39.8 Å². The lowest BCUT2D eigenvalue weighted by molar-refractivity contribution is -0.0394. The first-order valence-corrected chi connectivity index (χ1v) is 12.8. The third-order valence-corrected chi connectivity index (χ3v) is 9.07. The van der Waals surface area contributed by atoms with Gasteiger partial charge in [-0.25, -0.2) is 12.8 Å². The van der Waals surface area contributed by atoms with E-state index in [0.717, 1.165) is 32.5 Å². The second-order valence-electron chi connectivity index (χ2n) is 9.65. The molecule has 2 aliphatic heterocycles. The predicted molar refractivity (Wildman–Crippen MR) is 124 cm³/mol. The number of halogens is 1. The molecule has 2 fully saturated rings. The van der Waals surface area contributed by atoms with Gasteiger partial charge in [0, 0.05) is 32.7 Å². The van der Waals surface area contributed by atoms with Crippen molar-refractivity contribution < 1.29 is 17.5 Å². The molecule has 0 aromatic heterocycles. The van der Waals surface area contributed by atoms with E-state index in [-0.39, 0.29) is 11.2 Å². The van der Waals surface area contributed by atoms with Crippen LogP contribution in [0.2, 0.25) is 0 Å². The lowest BCUT2D eigenvalue weighted by Gasteiger charge is -2.54. The van der Waals surface area contributed by atoms with Crippen LogP contribution in [0.4, 0.5) is 4.39 Å². The number of rotatable bonds is 7. The summed E-state index contributed by atoms with van der Waals surface area (Å²) in [7, 11) is -1.90. The number of hydrogen-bond donors (Lipinski definition) is 0. The van der Waals surface area contributed by atoms with Gasteiger partial charge in [0.05, 0.1) is 12.0 Å². The van der Waals surface area contributed by atoms with E-state index in [0.29, 0.717) is 35.6 Å². The van der Waals surface area contributed by atoms with Gasteiger partial charge in [0.15, 0.2) is 0 Å². The molecule has 7 heteroatoms. The lowest BCUT2D eigenvalue weighted by atomic mass is 9.71. The summed E-state index contributed by atoms with van der Waals surface area (Å²) in [5.41, 5.74) is 1.40. The summed E-state index contributed by atoms with van der Waals surface area (Å²) in [6.45, 7) is 8.53. The fourth-order valence-corrected chi connectivity index (χ4v) is 6.58. The summed E-state index contributed by atoms with van der Waals surface area (Å²) in [5.74, 6) is 1.28. The number of nitrogens with zero attached hydrogens (tertiary/aromatic N) is 2. The predicted octanol–water partition coefficient (Wildman–Crippen LogP) is 4.36. The van der Waals surface area contributed by atoms with E-state index in [1.807, 2.05) is 12.1 Å². The molecule has 4 rings (SSSR count). The highest BCUT2D eigenvalue weighted by molar-refractivity contribution is 7.89. The van der Waals surface area contributed by atoms with Crippen molar-refractivity contribution in [3.05, 3.63) is 59.9 Å². The summed E-state index contributed by atoms with van der Waals surface area (Å²) >= 11 is 0. The Hall–Kier alpha value is -1.96. The van der Waals surface area contributed by atoms with Crippen LogP contribution in [-0.2, 0) is 10.0 Å². The Morgan fingerprint density at radius 3 is 2.12 bits per heavy atom. The fourth-order valence-electron chi connectivity index (χ4n) is 5.13. The molecule has 2 aromatic carbocycles. The van der Waals surface area contributed by atoms with Gasteiger partial charge in [0.25, 0.3) is 0 Å². The van der Waals surface area contributed by atoms with Gasteiger partial charge in [-0.05, 0) is 72.1 Å². The van der Waals surface area contributed by atoms with Crippen LogP contribution in [0.15, 0.2) is 53.4 Å². The molecule has 5 nitrogen and oxygen atoms in total. The SMILES string of the molecule is COc1ccc(S(=O)(=O)N2CCC3(CC2)CN(C[C@H](c2ccc(F)cc2)C(C)C)C3)cc1. The van der Waals surface area contributed by atoms with Crippen LogP contribution in [0.1, 0.15) is 38.2 Å². The van der Waals surface area contributed by atoms with Gasteiger partial charge < -0.3 is 9.64 Å². The van der Waals surface area contributed by atoms with Gasteiger partial charge in [-0.15, -0.1) is 0 Å². The molecular weight excluding hydrogens is 427 g/mol. The minimum absolute atomic E-state index is 0.199. The Balaban J connectivity index is 1.33. The number of piperidine rings is 1. The van der Waals surface area contributed by atoms with Crippen molar-refractivity contribution in [2.24, 2.45) is 11.3 Å². The van der Waals surface area contributed by atoms with Crippen molar-refractivity contribution >= 4 is 10.0 Å². The number of benzene rings is 2. The molecule has 32 heavy (non-hydrogen) atoms. The maximum absolute atomic E-state index is 13.3. The Kier molecular flexibility index (Phi) is 6.61. The van der Waals surface area contributed by atoms with Gasteiger partial charge in [-0.3, -0.25) is 0 Å². The topological polar surface area (TPSA) is 49.9 Å². The molecule has 0 radical (unpaired) electrons. The molecule has 1 atom stereocenters. The molecule has 0 unspecified atom stereocenters. The van der Waals surface area contributed by atoms with E-state index in [4.69, 9.17) is 4.74 Å². The molecule has 0 saturated carbocycles. The van der Waals surface area contributed by atoms with Crippen molar-refractivity contribution in [1.29, 1.82) is 0 Å². The van der Waals surface area contributed by atoms with E-state index in [2.05, 4.69) is 18.7 Å². The zero-order valence-corrected chi connectivity index (χ0v) is 19.9. The lowest BCUT2D eigenvalue weighted by Crippen LogP contribution is -2.61. The van der Waals surface area contributed by atoms with Crippen LogP contribution < -0.4 is 4.74 Å². The van der Waals surface area contributed by atoms with Crippen LogP contribution in [-0.4, -0.2) is 57.5 Å². The normalized spacial score (nSPS) is 20.3. The average Bonchev–Trinajstić information content (AvgIpc) is 2.77. The first-order chi connectivity index (χ1) is 15.2. The monoisotopic (exact) mass is 460 g/mol. The zero-order chi connectivity index (χ0) is 22.9. The van der Waals surface area contributed by atoms with Gasteiger partial charge in [-0.1, -0.05) is 26.0 Å². The summed E-state index contributed by atoms with van der Waals surface area (Å²) in [4.78, 5) is 2.80. The average molecular weight is 461 g/mol. The third kappa shape index (κ3) is 4.70. The van der Waals surface area contributed by atoms with Crippen molar-refractivity contribution in [1.82, 2.24) is 9.21 Å². The number of hydrogen-bond acceptors (Lipinski definition) is 4. The minimum atomic E-state index is -3.47. The second-order valence-corrected chi connectivity index (χ2v) is 11.6. The number of likely N-dealkylation sites (tertiary alicyclic amines) is 1. The molecular formula is C25H33FN2O3S. The van der Waals surface area contributed by atoms with Gasteiger partial charge >= 0.3 is 0 Å². The second kappa shape index (κ2) is 9.12. The fraction of sp³-hybridized carbons (Fsp3) is 0.520. The molecule has 2 aromatic rings. The smallest absolute Gasteiger partial charge is 0.243 e. The summed E-state index contributed by atoms with van der Waals surface area (Å²) < 4.78 is 46.1. The number of ether oxygens (including phenoxy) is 1. The maximum atomic E-state index is 13.3. The Morgan fingerprint density at radius 1 is 1.00 bits per heavy atom. The van der Waals surface area contributed by atoms with Crippen molar-refractivity contribution in [3.8, 4) is 5.75 Å². The van der Waals surface area contributed by atoms with E-state index >= 15 is 0 Å². The van der Waals surface area contributed by atoms with E-state index in [1.165, 1.54) is 5.56 Å². The molecule has 174 valence electrons. The van der Waals surface area contributed by atoms with Gasteiger partial charge in [0.2, 0.25) is 10.0 Å². The van der Waals surface area contributed by atoms with E-state index < -0.39 is 10.0 Å². The minimum Gasteiger partial charge on any atom is -0.497 e. The quantitative estimate of drug-likeness (QED) is 0.616. The molecule has 0 bridgehead atoms. The Labute approximate surface area is 191 Å². The highest BCUT2D eigenvalue weighted by Crippen LogP contribution is 2.43. The maximum Gasteiger partial charge on any atom is 0.243 e. The molecule has 2 heterocycles. The molecule has 1 spiro atoms.